The van der Waals surface area contributed by atoms with E-state index in [1.54, 1.807) is 12.1 Å². The van der Waals surface area contributed by atoms with E-state index >= 15 is 0 Å². The Morgan fingerprint density at radius 2 is 1.82 bits per heavy atom. The standard InChI is InChI=1S/C16H16F2N2O2/c1-12-2-4-14(5-3-12)22-11-10-20-15(21)16(17,18)13-6-8-19-9-7-13/h2-9H,10-11H2,1H3,(H,20,21). The first-order valence-corrected chi connectivity index (χ1v) is 6.76. The summed E-state index contributed by atoms with van der Waals surface area (Å²) in [5, 5.41) is 2.17. The molecular formula is C16H16F2N2O2. The number of alkyl halides is 2. The minimum atomic E-state index is -3.59. The van der Waals surface area contributed by atoms with Crippen molar-refractivity contribution in [3.8, 4) is 5.75 Å². The molecule has 6 heteroatoms. The third kappa shape index (κ3) is 4.00. The highest BCUT2D eigenvalue weighted by molar-refractivity contribution is 5.84. The predicted octanol–water partition coefficient (Wildman–Crippen LogP) is 2.68. The molecule has 0 aliphatic rings. The quantitative estimate of drug-likeness (QED) is 0.835. The third-order valence-electron chi connectivity index (χ3n) is 3.01. The van der Waals surface area contributed by atoms with Crippen LogP contribution in [0.5, 0.6) is 5.75 Å². The average Bonchev–Trinajstić information content (AvgIpc) is 2.54. The molecule has 22 heavy (non-hydrogen) atoms. The van der Waals surface area contributed by atoms with Crippen LogP contribution in [0.4, 0.5) is 8.78 Å². The Kier molecular flexibility index (Phi) is 5.04. The van der Waals surface area contributed by atoms with Crippen molar-refractivity contribution in [2.45, 2.75) is 12.8 Å². The molecule has 0 aliphatic heterocycles. The second-order valence-corrected chi connectivity index (χ2v) is 4.73. The molecule has 0 bridgehead atoms. The van der Waals surface area contributed by atoms with Crippen molar-refractivity contribution in [3.63, 3.8) is 0 Å². The summed E-state index contributed by atoms with van der Waals surface area (Å²) in [6, 6.07) is 9.55. The normalized spacial score (nSPS) is 11.0. The van der Waals surface area contributed by atoms with Crippen molar-refractivity contribution in [1.82, 2.24) is 10.3 Å². The highest BCUT2D eigenvalue weighted by Crippen LogP contribution is 2.27. The van der Waals surface area contributed by atoms with E-state index in [2.05, 4.69) is 10.3 Å². The molecule has 0 aliphatic carbocycles. The summed E-state index contributed by atoms with van der Waals surface area (Å²) in [6.07, 6.45) is 2.44. The minimum Gasteiger partial charge on any atom is -0.492 e. The van der Waals surface area contributed by atoms with Gasteiger partial charge in [-0.2, -0.15) is 8.78 Å². The Morgan fingerprint density at radius 3 is 2.45 bits per heavy atom. The summed E-state index contributed by atoms with van der Waals surface area (Å²) in [5.74, 6) is -4.32. The maximum Gasteiger partial charge on any atom is 0.349 e. The predicted molar refractivity (Wildman–Crippen MR) is 77.8 cm³/mol. The zero-order valence-corrected chi connectivity index (χ0v) is 12.1. The largest absolute Gasteiger partial charge is 0.492 e. The number of hydrogen-bond donors (Lipinski definition) is 1. The van der Waals surface area contributed by atoms with Crippen molar-refractivity contribution in [2.24, 2.45) is 0 Å². The van der Waals surface area contributed by atoms with Crippen molar-refractivity contribution in [2.75, 3.05) is 13.2 Å². The third-order valence-corrected chi connectivity index (χ3v) is 3.01. The fourth-order valence-corrected chi connectivity index (χ4v) is 1.77. The molecule has 1 aromatic heterocycles. The number of halogens is 2. The van der Waals surface area contributed by atoms with Gasteiger partial charge in [0, 0.05) is 18.0 Å². The minimum absolute atomic E-state index is 0.00656. The van der Waals surface area contributed by atoms with E-state index < -0.39 is 11.8 Å². The number of rotatable bonds is 6. The van der Waals surface area contributed by atoms with Crippen LogP contribution in [0, 0.1) is 6.92 Å². The molecule has 1 amide bonds. The van der Waals surface area contributed by atoms with Gasteiger partial charge in [0.1, 0.15) is 12.4 Å². The van der Waals surface area contributed by atoms with Gasteiger partial charge in [0.05, 0.1) is 6.54 Å². The Hall–Kier alpha value is -2.50. The van der Waals surface area contributed by atoms with Crippen LogP contribution in [0.25, 0.3) is 0 Å². The molecule has 4 nitrogen and oxygen atoms in total. The molecule has 2 rings (SSSR count). The number of ether oxygens (including phenoxy) is 1. The van der Waals surface area contributed by atoms with E-state index in [1.165, 1.54) is 12.4 Å². The first-order valence-electron chi connectivity index (χ1n) is 6.76. The molecule has 1 aromatic carbocycles. The van der Waals surface area contributed by atoms with Crippen molar-refractivity contribution >= 4 is 5.91 Å². The zero-order valence-electron chi connectivity index (χ0n) is 12.1. The molecule has 0 fully saturated rings. The molecule has 1 heterocycles. The SMILES string of the molecule is Cc1ccc(OCCNC(=O)C(F)(F)c2ccncc2)cc1. The van der Waals surface area contributed by atoms with Crippen molar-refractivity contribution in [1.29, 1.82) is 0 Å². The smallest absolute Gasteiger partial charge is 0.349 e. The Bertz CT molecular complexity index is 616. The van der Waals surface area contributed by atoms with Crippen LogP contribution in [0.1, 0.15) is 11.1 Å². The van der Waals surface area contributed by atoms with E-state index in [4.69, 9.17) is 4.74 Å². The summed E-state index contributed by atoms with van der Waals surface area (Å²) in [7, 11) is 0. The second kappa shape index (κ2) is 6.98. The molecule has 1 N–H and O–H groups in total. The summed E-state index contributed by atoms with van der Waals surface area (Å²) < 4.78 is 33.1. The number of amides is 1. The number of aryl methyl sites for hydroxylation is 1. The van der Waals surface area contributed by atoms with Crippen LogP contribution in [-0.2, 0) is 10.7 Å². The lowest BCUT2D eigenvalue weighted by molar-refractivity contribution is -0.147. The molecule has 116 valence electrons. The van der Waals surface area contributed by atoms with Gasteiger partial charge >= 0.3 is 5.92 Å². The summed E-state index contributed by atoms with van der Waals surface area (Å²) in [4.78, 5) is 15.2. The maximum atomic E-state index is 13.9. The second-order valence-electron chi connectivity index (χ2n) is 4.73. The first-order chi connectivity index (χ1) is 10.5. The van der Waals surface area contributed by atoms with E-state index in [-0.39, 0.29) is 18.7 Å². The van der Waals surface area contributed by atoms with Gasteiger partial charge in [0.15, 0.2) is 0 Å². The molecule has 0 radical (unpaired) electrons. The van der Waals surface area contributed by atoms with Crippen LogP contribution < -0.4 is 10.1 Å². The van der Waals surface area contributed by atoms with E-state index in [0.29, 0.717) is 5.75 Å². The number of carbonyl (C=O) groups excluding carboxylic acids is 1. The number of benzene rings is 1. The Labute approximate surface area is 127 Å². The van der Waals surface area contributed by atoms with Gasteiger partial charge in [-0.1, -0.05) is 17.7 Å². The van der Waals surface area contributed by atoms with Crippen LogP contribution in [0.2, 0.25) is 0 Å². The number of carbonyl (C=O) groups is 1. The number of hydrogen-bond acceptors (Lipinski definition) is 3. The Balaban J connectivity index is 1.81. The molecule has 0 atom stereocenters. The first kappa shape index (κ1) is 15.9. The number of nitrogens with one attached hydrogen (secondary N) is 1. The molecule has 0 spiro atoms. The molecule has 2 aromatic rings. The zero-order chi connectivity index (χ0) is 16.0. The fraction of sp³-hybridized carbons (Fsp3) is 0.250. The Morgan fingerprint density at radius 1 is 1.18 bits per heavy atom. The van der Waals surface area contributed by atoms with Gasteiger partial charge < -0.3 is 10.1 Å². The van der Waals surface area contributed by atoms with E-state index in [9.17, 15) is 13.6 Å². The number of nitrogens with zero attached hydrogens (tertiary/aromatic N) is 1. The molecular weight excluding hydrogens is 290 g/mol. The maximum absolute atomic E-state index is 13.9. The van der Waals surface area contributed by atoms with E-state index in [0.717, 1.165) is 17.7 Å². The summed E-state index contributed by atoms with van der Waals surface area (Å²) >= 11 is 0. The van der Waals surface area contributed by atoms with Crippen molar-refractivity contribution < 1.29 is 18.3 Å². The lowest BCUT2D eigenvalue weighted by Gasteiger charge is -2.16. The van der Waals surface area contributed by atoms with Gasteiger partial charge in [0.25, 0.3) is 5.91 Å². The van der Waals surface area contributed by atoms with E-state index in [1.807, 2.05) is 19.1 Å². The number of pyridine rings is 1. The lowest BCUT2D eigenvalue weighted by atomic mass is 10.1. The van der Waals surface area contributed by atoms with Crippen LogP contribution >= 0.6 is 0 Å². The monoisotopic (exact) mass is 306 g/mol. The lowest BCUT2D eigenvalue weighted by Crippen LogP contribution is -2.40. The van der Waals surface area contributed by atoms with Crippen molar-refractivity contribution in [3.05, 3.63) is 59.9 Å². The molecule has 0 saturated heterocycles. The number of aromatic nitrogens is 1. The summed E-state index contributed by atoms with van der Waals surface area (Å²) in [5.41, 5.74) is 0.706. The highest BCUT2D eigenvalue weighted by atomic mass is 19.3. The fourth-order valence-electron chi connectivity index (χ4n) is 1.77. The topological polar surface area (TPSA) is 51.2 Å². The van der Waals surface area contributed by atoms with Gasteiger partial charge in [-0.3, -0.25) is 9.78 Å². The van der Waals surface area contributed by atoms with Gasteiger partial charge in [0.2, 0.25) is 0 Å². The average molecular weight is 306 g/mol. The van der Waals surface area contributed by atoms with Gasteiger partial charge in [-0.05, 0) is 31.2 Å². The highest BCUT2D eigenvalue weighted by Gasteiger charge is 2.40. The van der Waals surface area contributed by atoms with Crippen LogP contribution in [-0.4, -0.2) is 24.0 Å². The van der Waals surface area contributed by atoms with Gasteiger partial charge in [-0.15, -0.1) is 0 Å². The molecule has 0 unspecified atom stereocenters. The van der Waals surface area contributed by atoms with Crippen LogP contribution in [0.15, 0.2) is 48.8 Å². The van der Waals surface area contributed by atoms with Gasteiger partial charge in [-0.25, -0.2) is 0 Å². The summed E-state index contributed by atoms with van der Waals surface area (Å²) in [6.45, 7) is 2.06. The van der Waals surface area contributed by atoms with Crippen LogP contribution in [0.3, 0.4) is 0 Å². The molecule has 0 saturated carbocycles.